The van der Waals surface area contributed by atoms with Crippen LogP contribution in [0, 0.1) is 29.2 Å². The smallest absolute Gasteiger partial charge is 0.309 e. The zero-order chi connectivity index (χ0) is 15.3. The van der Waals surface area contributed by atoms with Crippen molar-refractivity contribution in [3.63, 3.8) is 0 Å². The molecule has 0 radical (unpaired) electrons. The number of hydrogen-bond acceptors (Lipinski definition) is 5. The van der Waals surface area contributed by atoms with E-state index in [0.29, 0.717) is 18.8 Å². The van der Waals surface area contributed by atoms with Gasteiger partial charge in [-0.2, -0.15) is 0 Å². The molecule has 0 unspecified atom stereocenters. The average Bonchev–Trinajstić information content (AvgIpc) is 2.76. The van der Waals surface area contributed by atoms with Crippen molar-refractivity contribution in [1.82, 2.24) is 4.91 Å². The Balaban J connectivity index is 2.77. The SMILES string of the molecule is CC(C)[C@@H](CO)C[C@H](N=[N+]=N)[C@@H]1C[C@@H](C(C)C)C(=O)O1. The second-order valence-corrected chi connectivity index (χ2v) is 6.27. The standard InChI is InChI=1S/C14H26N3O3/c1-8(2)10(7-18)5-12(16-17-15)13-6-11(9(3)4)14(19)20-13/h8-13,15,18H,5-7H2,1-4H3/q+1/t10-,11+,12+,13+/m1/s1. The van der Waals surface area contributed by atoms with Crippen LogP contribution in [0.3, 0.4) is 0 Å². The molecule has 0 aromatic carbocycles. The summed E-state index contributed by atoms with van der Waals surface area (Å²) in [4.78, 5) is 15.0. The van der Waals surface area contributed by atoms with Crippen molar-refractivity contribution >= 4 is 5.97 Å². The third-order valence-electron chi connectivity index (χ3n) is 4.22. The number of ether oxygens (including phenoxy) is 1. The first-order valence-electron chi connectivity index (χ1n) is 7.28. The van der Waals surface area contributed by atoms with Gasteiger partial charge in [-0.05, 0) is 24.2 Å². The van der Waals surface area contributed by atoms with E-state index in [4.69, 9.17) is 10.3 Å². The van der Waals surface area contributed by atoms with Crippen molar-refractivity contribution in [3.05, 3.63) is 0 Å². The molecule has 114 valence electrons. The third-order valence-corrected chi connectivity index (χ3v) is 4.22. The van der Waals surface area contributed by atoms with Crippen LogP contribution in [0.1, 0.15) is 40.5 Å². The van der Waals surface area contributed by atoms with E-state index in [0.717, 1.165) is 0 Å². The average molecular weight is 284 g/mol. The largest absolute Gasteiger partial charge is 0.460 e. The molecule has 1 rings (SSSR count). The lowest BCUT2D eigenvalue weighted by Crippen LogP contribution is -2.30. The highest BCUT2D eigenvalue weighted by Crippen LogP contribution is 2.32. The molecule has 6 heteroatoms. The molecule has 0 aliphatic carbocycles. The van der Waals surface area contributed by atoms with Gasteiger partial charge in [-0.25, -0.2) is 0 Å². The molecule has 20 heavy (non-hydrogen) atoms. The van der Waals surface area contributed by atoms with Gasteiger partial charge in [0.2, 0.25) is 4.91 Å². The van der Waals surface area contributed by atoms with E-state index in [2.05, 4.69) is 10.0 Å². The maximum atomic E-state index is 11.8. The molecule has 1 heterocycles. The summed E-state index contributed by atoms with van der Waals surface area (Å²) in [6.07, 6.45) is 0.882. The predicted octanol–water partition coefficient (Wildman–Crippen LogP) is 2.15. The first-order valence-corrected chi connectivity index (χ1v) is 7.28. The van der Waals surface area contributed by atoms with Gasteiger partial charge in [0, 0.05) is 13.0 Å². The molecule has 1 saturated heterocycles. The Bertz CT molecular complexity index is 378. The lowest BCUT2D eigenvalue weighted by atomic mass is 9.85. The molecule has 0 aromatic heterocycles. The molecule has 0 saturated carbocycles. The summed E-state index contributed by atoms with van der Waals surface area (Å²) in [5.74, 6) is 0.332. The molecule has 0 aromatic rings. The number of aliphatic hydroxyl groups is 1. The van der Waals surface area contributed by atoms with Crippen LogP contribution in [0.25, 0.3) is 0 Å². The quantitative estimate of drug-likeness (QED) is 0.426. The highest BCUT2D eigenvalue weighted by Gasteiger charge is 2.43. The van der Waals surface area contributed by atoms with Gasteiger partial charge in [0.15, 0.2) is 6.04 Å². The molecule has 0 bridgehead atoms. The summed E-state index contributed by atoms with van der Waals surface area (Å²) in [5.41, 5.74) is 6.95. The van der Waals surface area contributed by atoms with Gasteiger partial charge < -0.3 is 9.84 Å². The number of carbonyl (C=O) groups is 1. The maximum absolute atomic E-state index is 11.8. The van der Waals surface area contributed by atoms with Crippen LogP contribution in [-0.4, -0.2) is 29.8 Å². The molecule has 0 spiro atoms. The Hall–Kier alpha value is -1.26. The van der Waals surface area contributed by atoms with E-state index < -0.39 is 0 Å². The molecule has 1 aliphatic rings. The van der Waals surface area contributed by atoms with E-state index in [1.54, 1.807) is 0 Å². The van der Waals surface area contributed by atoms with Gasteiger partial charge in [0.25, 0.3) is 0 Å². The van der Waals surface area contributed by atoms with Crippen molar-refractivity contribution in [1.29, 1.82) is 5.53 Å². The molecule has 1 fully saturated rings. The Morgan fingerprint density at radius 1 is 1.45 bits per heavy atom. The van der Waals surface area contributed by atoms with Crippen molar-refractivity contribution in [2.24, 2.45) is 28.8 Å². The van der Waals surface area contributed by atoms with Crippen molar-refractivity contribution < 1.29 is 14.6 Å². The summed E-state index contributed by atoms with van der Waals surface area (Å²) in [6, 6.07) is -0.334. The molecular formula is C14H26N3O3+. The zero-order valence-electron chi connectivity index (χ0n) is 12.7. The number of carbonyl (C=O) groups excluding carboxylic acids is 1. The highest BCUT2D eigenvalue weighted by atomic mass is 16.6. The van der Waals surface area contributed by atoms with Gasteiger partial charge in [-0.1, -0.05) is 27.7 Å². The number of nitrogens with zero attached hydrogens (tertiary/aromatic N) is 2. The Kier molecular flexibility index (Phi) is 6.30. The van der Waals surface area contributed by atoms with E-state index in [1.807, 2.05) is 27.7 Å². The van der Waals surface area contributed by atoms with Crippen LogP contribution < -0.4 is 4.91 Å². The molecule has 1 aliphatic heterocycles. The van der Waals surface area contributed by atoms with Gasteiger partial charge in [0.05, 0.1) is 5.92 Å². The Morgan fingerprint density at radius 2 is 2.10 bits per heavy atom. The first kappa shape index (κ1) is 16.8. The summed E-state index contributed by atoms with van der Waals surface area (Å²) < 4.78 is 5.42. The number of hydrogen-bond donors (Lipinski definition) is 2. The van der Waals surface area contributed by atoms with Gasteiger partial charge in [-0.15, -0.1) is 0 Å². The fourth-order valence-electron chi connectivity index (χ4n) is 2.63. The van der Waals surface area contributed by atoms with Crippen molar-refractivity contribution in [2.45, 2.75) is 52.7 Å². The number of rotatable bonds is 7. The van der Waals surface area contributed by atoms with E-state index in [9.17, 15) is 9.90 Å². The fraction of sp³-hybridized carbons (Fsp3) is 0.929. The van der Waals surface area contributed by atoms with Crippen molar-refractivity contribution in [2.75, 3.05) is 6.61 Å². The first-order chi connectivity index (χ1) is 9.40. The lowest BCUT2D eigenvalue weighted by molar-refractivity contribution is -0.146. The molecule has 4 atom stereocenters. The molecule has 2 N–H and O–H groups in total. The predicted molar refractivity (Wildman–Crippen MR) is 73.9 cm³/mol. The fourth-order valence-corrected chi connectivity index (χ4v) is 2.63. The second-order valence-electron chi connectivity index (χ2n) is 6.27. The van der Waals surface area contributed by atoms with Crippen LogP contribution in [0.2, 0.25) is 0 Å². The summed E-state index contributed by atoms with van der Waals surface area (Å²) in [5, 5.41) is 13.3. The Labute approximate surface area is 120 Å². The summed E-state index contributed by atoms with van der Waals surface area (Å²) >= 11 is 0. The maximum Gasteiger partial charge on any atom is 0.309 e. The monoisotopic (exact) mass is 284 g/mol. The molecule has 6 nitrogen and oxygen atoms in total. The normalized spacial score (nSPS) is 25.4. The topological polar surface area (TPSA) is 96.8 Å². The van der Waals surface area contributed by atoms with E-state index >= 15 is 0 Å². The molecule has 0 amide bonds. The summed E-state index contributed by atoms with van der Waals surface area (Å²) in [6.45, 7) is 8.14. The van der Waals surface area contributed by atoms with Gasteiger partial charge in [-0.3, -0.25) is 4.79 Å². The van der Waals surface area contributed by atoms with Crippen molar-refractivity contribution in [3.8, 4) is 0 Å². The second kappa shape index (κ2) is 7.50. The number of nitrogens with one attached hydrogen (secondary N) is 1. The minimum atomic E-state index is -0.334. The minimum Gasteiger partial charge on any atom is -0.460 e. The van der Waals surface area contributed by atoms with Crippen LogP contribution in [-0.2, 0) is 9.53 Å². The van der Waals surface area contributed by atoms with Crippen LogP contribution >= 0.6 is 0 Å². The van der Waals surface area contributed by atoms with Crippen LogP contribution in [0.4, 0.5) is 0 Å². The van der Waals surface area contributed by atoms with E-state index in [1.165, 1.54) is 0 Å². The van der Waals surface area contributed by atoms with E-state index in [-0.39, 0.29) is 42.5 Å². The summed E-state index contributed by atoms with van der Waals surface area (Å²) in [7, 11) is 0. The minimum absolute atomic E-state index is 0.0654. The number of cyclic esters (lactones) is 1. The third kappa shape index (κ3) is 4.12. The lowest BCUT2D eigenvalue weighted by Gasteiger charge is -2.22. The molecular weight excluding hydrogens is 258 g/mol. The van der Waals surface area contributed by atoms with Gasteiger partial charge >= 0.3 is 5.97 Å². The van der Waals surface area contributed by atoms with Crippen LogP contribution in [0.5, 0.6) is 0 Å². The van der Waals surface area contributed by atoms with Gasteiger partial charge in [0.1, 0.15) is 16.7 Å². The Morgan fingerprint density at radius 3 is 2.50 bits per heavy atom. The highest BCUT2D eigenvalue weighted by molar-refractivity contribution is 5.75. The number of esters is 1. The number of aliphatic hydroxyl groups excluding tert-OH is 1. The van der Waals surface area contributed by atoms with Crippen LogP contribution in [0.15, 0.2) is 5.11 Å². The zero-order valence-corrected chi connectivity index (χ0v) is 12.7.